The number of piperidine rings is 1. The Bertz CT molecular complexity index is 637. The molecule has 1 aromatic carbocycles. The van der Waals surface area contributed by atoms with Crippen LogP contribution in [0.2, 0.25) is 5.02 Å². The van der Waals surface area contributed by atoms with Crippen molar-refractivity contribution in [3.05, 3.63) is 34.9 Å². The van der Waals surface area contributed by atoms with Crippen LogP contribution in [0.4, 0.5) is 0 Å². The molecule has 1 unspecified atom stereocenters. The summed E-state index contributed by atoms with van der Waals surface area (Å²) in [6.45, 7) is 8.49. The van der Waals surface area contributed by atoms with Crippen molar-refractivity contribution >= 4 is 23.3 Å². The van der Waals surface area contributed by atoms with E-state index in [2.05, 4.69) is 17.1 Å². The number of carbonyl (C=O) groups is 2. The van der Waals surface area contributed by atoms with Crippen molar-refractivity contribution in [2.75, 3.05) is 26.2 Å². The van der Waals surface area contributed by atoms with Crippen LogP contribution in [0.5, 0.6) is 0 Å². The number of hydrogen-bond donors (Lipinski definition) is 2. The van der Waals surface area contributed by atoms with E-state index in [9.17, 15) is 14.7 Å². The highest BCUT2D eigenvalue weighted by molar-refractivity contribution is 6.30. The van der Waals surface area contributed by atoms with Gasteiger partial charge in [-0.1, -0.05) is 32.4 Å². The van der Waals surface area contributed by atoms with Crippen LogP contribution in [0.1, 0.15) is 50.4 Å². The Hall–Kier alpha value is -1.43. The molecule has 0 radical (unpaired) electrons. The van der Waals surface area contributed by atoms with E-state index in [-0.39, 0.29) is 24.7 Å². The second-order valence-electron chi connectivity index (χ2n) is 8.34. The van der Waals surface area contributed by atoms with Crippen LogP contribution >= 0.6 is 11.6 Å². The van der Waals surface area contributed by atoms with Gasteiger partial charge in [-0.05, 0) is 56.1 Å². The monoisotopic (exact) mass is 394 g/mol. The maximum atomic E-state index is 12.5. The number of aliphatic hydroxyl groups is 1. The zero-order valence-corrected chi connectivity index (χ0v) is 17.3. The first-order chi connectivity index (χ1) is 12.7. The Morgan fingerprint density at radius 3 is 2.44 bits per heavy atom. The minimum absolute atomic E-state index is 0.0978. The maximum absolute atomic E-state index is 12.5. The summed E-state index contributed by atoms with van der Waals surface area (Å²) < 4.78 is 0. The third-order valence-corrected chi connectivity index (χ3v) is 5.48. The van der Waals surface area contributed by atoms with Gasteiger partial charge in [-0.15, -0.1) is 0 Å². The van der Waals surface area contributed by atoms with Gasteiger partial charge in [0, 0.05) is 30.1 Å². The average Bonchev–Trinajstić information content (AvgIpc) is 2.61. The van der Waals surface area contributed by atoms with Crippen molar-refractivity contribution in [3.8, 4) is 0 Å². The van der Waals surface area contributed by atoms with Gasteiger partial charge in [0.25, 0.3) is 0 Å². The van der Waals surface area contributed by atoms with Gasteiger partial charge in [0.1, 0.15) is 0 Å². The second-order valence-corrected chi connectivity index (χ2v) is 8.77. The molecule has 1 aliphatic rings. The summed E-state index contributed by atoms with van der Waals surface area (Å²) in [5.41, 5.74) is -0.309. The topological polar surface area (TPSA) is 69.6 Å². The first-order valence-electron chi connectivity index (χ1n) is 9.65. The Balaban J connectivity index is 1.79. The Morgan fingerprint density at radius 2 is 1.85 bits per heavy atom. The highest BCUT2D eigenvalue weighted by Gasteiger charge is 2.31. The molecule has 0 spiro atoms. The van der Waals surface area contributed by atoms with E-state index in [1.807, 2.05) is 0 Å². The van der Waals surface area contributed by atoms with E-state index in [0.29, 0.717) is 17.1 Å². The number of nitrogens with zero attached hydrogens (tertiary/aromatic N) is 1. The SMILES string of the molecule is CC1CCN(CC(O)CNC(=O)C(C)(C)CC(=O)c2ccc(Cl)cc2)CC1. The molecule has 1 atom stereocenters. The second kappa shape index (κ2) is 9.67. The third-order valence-electron chi connectivity index (χ3n) is 5.23. The molecule has 1 saturated heterocycles. The summed E-state index contributed by atoms with van der Waals surface area (Å²) in [7, 11) is 0. The molecule has 6 heteroatoms. The maximum Gasteiger partial charge on any atom is 0.226 e. The fraction of sp³-hybridized carbons (Fsp3) is 0.619. The Labute approximate surface area is 167 Å². The summed E-state index contributed by atoms with van der Waals surface area (Å²) in [6.07, 6.45) is 1.79. The normalized spacial score (nSPS) is 17.5. The molecule has 27 heavy (non-hydrogen) atoms. The lowest BCUT2D eigenvalue weighted by Crippen LogP contribution is -2.46. The lowest BCUT2D eigenvalue weighted by molar-refractivity contribution is -0.129. The molecule has 0 saturated carbocycles. The minimum atomic E-state index is -0.850. The van der Waals surface area contributed by atoms with E-state index in [1.54, 1.807) is 38.1 Å². The lowest BCUT2D eigenvalue weighted by Gasteiger charge is -2.32. The standard InChI is InChI=1S/C21H31ClN2O3/c1-15-8-10-24(11-9-15)14-18(25)13-23-20(27)21(2,3)12-19(26)16-4-6-17(22)7-5-16/h4-7,15,18,25H,8-14H2,1-3H3,(H,23,27). The van der Waals surface area contributed by atoms with Crippen LogP contribution in [0, 0.1) is 11.3 Å². The highest BCUT2D eigenvalue weighted by Crippen LogP contribution is 2.24. The number of halogens is 1. The Kier molecular flexibility index (Phi) is 7.83. The Morgan fingerprint density at radius 1 is 1.26 bits per heavy atom. The van der Waals surface area contributed by atoms with Gasteiger partial charge in [-0.3, -0.25) is 9.59 Å². The molecule has 2 rings (SSSR count). The molecular formula is C21H31ClN2O3. The van der Waals surface area contributed by atoms with Crippen molar-refractivity contribution in [1.82, 2.24) is 10.2 Å². The number of likely N-dealkylation sites (tertiary alicyclic amines) is 1. The fourth-order valence-electron chi connectivity index (χ4n) is 3.28. The molecule has 5 nitrogen and oxygen atoms in total. The van der Waals surface area contributed by atoms with E-state index >= 15 is 0 Å². The van der Waals surface area contributed by atoms with E-state index < -0.39 is 11.5 Å². The number of ketones is 1. The zero-order valence-electron chi connectivity index (χ0n) is 16.5. The minimum Gasteiger partial charge on any atom is -0.390 e. The highest BCUT2D eigenvalue weighted by atomic mass is 35.5. The summed E-state index contributed by atoms with van der Waals surface area (Å²) in [5, 5.41) is 13.6. The number of aliphatic hydroxyl groups excluding tert-OH is 1. The average molecular weight is 395 g/mol. The molecule has 1 heterocycles. The van der Waals surface area contributed by atoms with Gasteiger partial charge in [-0.25, -0.2) is 0 Å². The third kappa shape index (κ3) is 6.91. The van der Waals surface area contributed by atoms with Crippen LogP contribution in [0.15, 0.2) is 24.3 Å². The number of carbonyl (C=O) groups excluding carboxylic acids is 2. The molecule has 150 valence electrons. The summed E-state index contributed by atoms with van der Waals surface area (Å²) in [4.78, 5) is 27.2. The predicted molar refractivity (Wildman–Crippen MR) is 108 cm³/mol. The van der Waals surface area contributed by atoms with E-state index in [0.717, 1.165) is 31.8 Å². The first-order valence-corrected chi connectivity index (χ1v) is 10.0. The van der Waals surface area contributed by atoms with Gasteiger partial charge < -0.3 is 15.3 Å². The van der Waals surface area contributed by atoms with Gasteiger partial charge >= 0.3 is 0 Å². The molecule has 0 aromatic heterocycles. The van der Waals surface area contributed by atoms with Gasteiger partial charge in [0.15, 0.2) is 5.78 Å². The van der Waals surface area contributed by atoms with Gasteiger partial charge in [0.2, 0.25) is 5.91 Å². The number of rotatable bonds is 8. The van der Waals surface area contributed by atoms with Gasteiger partial charge in [-0.2, -0.15) is 0 Å². The van der Waals surface area contributed by atoms with Gasteiger partial charge in [0.05, 0.1) is 11.5 Å². The van der Waals surface area contributed by atoms with Crippen LogP contribution in [0.3, 0.4) is 0 Å². The smallest absolute Gasteiger partial charge is 0.226 e. The molecule has 1 aromatic rings. The molecule has 2 N–H and O–H groups in total. The van der Waals surface area contributed by atoms with Crippen LogP contribution in [0.25, 0.3) is 0 Å². The molecule has 1 fully saturated rings. The van der Waals surface area contributed by atoms with Crippen molar-refractivity contribution in [2.24, 2.45) is 11.3 Å². The molecular weight excluding hydrogens is 364 g/mol. The predicted octanol–water partition coefficient (Wildman–Crippen LogP) is 3.15. The number of Topliss-reactive ketones (excluding diaryl/α,β-unsaturated/α-hetero) is 1. The van der Waals surface area contributed by atoms with Crippen molar-refractivity contribution in [3.63, 3.8) is 0 Å². The summed E-state index contributed by atoms with van der Waals surface area (Å²) >= 11 is 5.85. The summed E-state index contributed by atoms with van der Waals surface area (Å²) in [5.74, 6) is 0.419. The number of β-amino-alcohol motifs (C(OH)–C–C–N with tert-alkyl or cyclic N) is 1. The van der Waals surface area contributed by atoms with Crippen LogP contribution < -0.4 is 5.32 Å². The van der Waals surface area contributed by atoms with Crippen molar-refractivity contribution in [2.45, 2.75) is 46.1 Å². The number of amides is 1. The van der Waals surface area contributed by atoms with E-state index in [1.165, 1.54) is 0 Å². The fourth-order valence-corrected chi connectivity index (χ4v) is 3.40. The van der Waals surface area contributed by atoms with E-state index in [4.69, 9.17) is 11.6 Å². The number of hydrogen-bond acceptors (Lipinski definition) is 4. The molecule has 0 bridgehead atoms. The lowest BCUT2D eigenvalue weighted by atomic mass is 9.84. The first kappa shape index (κ1) is 21.9. The quantitative estimate of drug-likeness (QED) is 0.664. The zero-order chi connectivity index (χ0) is 20.0. The van der Waals surface area contributed by atoms with Crippen molar-refractivity contribution < 1.29 is 14.7 Å². The molecule has 1 amide bonds. The van der Waals surface area contributed by atoms with Crippen LogP contribution in [-0.4, -0.2) is 54.0 Å². The summed E-state index contributed by atoms with van der Waals surface area (Å²) in [6, 6.07) is 6.67. The molecule has 0 aliphatic carbocycles. The number of nitrogens with one attached hydrogen (secondary N) is 1. The van der Waals surface area contributed by atoms with Crippen LogP contribution in [-0.2, 0) is 4.79 Å². The van der Waals surface area contributed by atoms with Crippen molar-refractivity contribution in [1.29, 1.82) is 0 Å². The largest absolute Gasteiger partial charge is 0.390 e. The molecule has 1 aliphatic heterocycles. The number of benzene rings is 1.